The first kappa shape index (κ1) is 11.0. The van der Waals surface area contributed by atoms with Gasteiger partial charge in [-0.3, -0.25) is 0 Å². The first-order valence-electron chi connectivity index (χ1n) is 4.59. The van der Waals surface area contributed by atoms with Gasteiger partial charge in [0.05, 0.1) is 6.17 Å². The highest BCUT2D eigenvalue weighted by Crippen LogP contribution is 2.15. The molecule has 4 nitrogen and oxygen atoms in total. The first-order valence-corrected chi connectivity index (χ1v) is 4.59. The van der Waals surface area contributed by atoms with E-state index in [1.807, 2.05) is 31.2 Å². The van der Waals surface area contributed by atoms with Crippen molar-refractivity contribution in [2.75, 3.05) is 6.61 Å². The topological polar surface area (TPSA) is 87.3 Å². The maximum absolute atomic E-state index is 5.56. The largest absolute Gasteiger partial charge is 0.492 e. The van der Waals surface area contributed by atoms with Crippen molar-refractivity contribution in [3.8, 4) is 5.75 Å². The van der Waals surface area contributed by atoms with Crippen molar-refractivity contribution < 1.29 is 4.74 Å². The van der Waals surface area contributed by atoms with Crippen LogP contribution in [0.5, 0.6) is 5.75 Å². The molecule has 0 saturated heterocycles. The minimum Gasteiger partial charge on any atom is -0.492 e. The Bertz CT molecular complexity index is 286. The highest BCUT2D eigenvalue weighted by Gasteiger charge is 2.02. The van der Waals surface area contributed by atoms with Crippen molar-refractivity contribution in [1.82, 2.24) is 0 Å². The zero-order valence-electron chi connectivity index (χ0n) is 8.31. The molecule has 0 spiro atoms. The monoisotopic (exact) mass is 195 g/mol. The summed E-state index contributed by atoms with van der Waals surface area (Å²) in [4.78, 5) is 0. The number of hydrogen-bond donors (Lipinski definition) is 3. The minimum atomic E-state index is -0.464. The molecule has 0 aliphatic heterocycles. The lowest BCUT2D eigenvalue weighted by Crippen LogP contribution is -2.24. The van der Waals surface area contributed by atoms with Crippen LogP contribution in [0.15, 0.2) is 24.3 Å². The van der Waals surface area contributed by atoms with E-state index in [2.05, 4.69) is 0 Å². The quantitative estimate of drug-likeness (QED) is 0.604. The summed E-state index contributed by atoms with van der Waals surface area (Å²) in [5.41, 5.74) is 17.5. The molecule has 14 heavy (non-hydrogen) atoms. The van der Waals surface area contributed by atoms with Gasteiger partial charge in [0.2, 0.25) is 0 Å². The predicted octanol–water partition coefficient (Wildman–Crippen LogP) is 0.329. The van der Waals surface area contributed by atoms with Crippen molar-refractivity contribution in [2.24, 2.45) is 17.2 Å². The minimum absolute atomic E-state index is 0.0187. The lowest BCUT2D eigenvalue weighted by Gasteiger charge is -2.11. The maximum atomic E-state index is 5.56. The predicted molar refractivity (Wildman–Crippen MR) is 56.7 cm³/mol. The van der Waals surface area contributed by atoms with Gasteiger partial charge < -0.3 is 21.9 Å². The Labute approximate surface area is 84.0 Å². The number of nitrogens with two attached hydrogens (primary N) is 3. The average Bonchev–Trinajstić information content (AvgIpc) is 2.15. The summed E-state index contributed by atoms with van der Waals surface area (Å²) in [5, 5.41) is 0. The van der Waals surface area contributed by atoms with Crippen LogP contribution < -0.4 is 21.9 Å². The number of benzene rings is 1. The Morgan fingerprint density at radius 1 is 1.29 bits per heavy atom. The highest BCUT2D eigenvalue weighted by atomic mass is 16.5. The van der Waals surface area contributed by atoms with Crippen molar-refractivity contribution in [3.05, 3.63) is 29.8 Å². The van der Waals surface area contributed by atoms with Crippen LogP contribution in [0.3, 0.4) is 0 Å². The van der Waals surface area contributed by atoms with Gasteiger partial charge in [-0.1, -0.05) is 12.1 Å². The summed E-state index contributed by atoms with van der Waals surface area (Å²) in [7, 11) is 0. The summed E-state index contributed by atoms with van der Waals surface area (Å²) in [6.07, 6.45) is -0.464. The molecule has 0 fully saturated rings. The van der Waals surface area contributed by atoms with Crippen LogP contribution in [0, 0.1) is 0 Å². The third-order valence-corrected chi connectivity index (χ3v) is 1.76. The SMILES string of the molecule is CC(N)COc1cccc(C(N)N)c1. The standard InChI is InChI=1S/C10H17N3O/c1-7(11)6-14-9-4-2-3-8(5-9)10(12)13/h2-5,7,10H,6,11-13H2,1H3. The van der Waals surface area contributed by atoms with Crippen LogP contribution in [0.4, 0.5) is 0 Å². The summed E-state index contributed by atoms with van der Waals surface area (Å²) >= 11 is 0. The lowest BCUT2D eigenvalue weighted by molar-refractivity contribution is 0.296. The smallest absolute Gasteiger partial charge is 0.119 e. The Morgan fingerprint density at radius 3 is 2.57 bits per heavy atom. The van der Waals surface area contributed by atoms with E-state index in [0.29, 0.717) is 6.61 Å². The molecule has 1 unspecified atom stereocenters. The fourth-order valence-electron chi connectivity index (χ4n) is 1.04. The highest BCUT2D eigenvalue weighted by molar-refractivity contribution is 5.29. The molecular weight excluding hydrogens is 178 g/mol. The third-order valence-electron chi connectivity index (χ3n) is 1.76. The maximum Gasteiger partial charge on any atom is 0.119 e. The van der Waals surface area contributed by atoms with Crippen LogP contribution >= 0.6 is 0 Å². The van der Waals surface area contributed by atoms with Crippen LogP contribution in [0.1, 0.15) is 18.7 Å². The van der Waals surface area contributed by atoms with Crippen molar-refractivity contribution in [1.29, 1.82) is 0 Å². The fourth-order valence-corrected chi connectivity index (χ4v) is 1.04. The molecule has 0 aliphatic rings. The zero-order chi connectivity index (χ0) is 10.6. The normalized spacial score (nSPS) is 12.9. The van der Waals surface area contributed by atoms with E-state index in [4.69, 9.17) is 21.9 Å². The van der Waals surface area contributed by atoms with Gasteiger partial charge in [0, 0.05) is 6.04 Å². The van der Waals surface area contributed by atoms with Gasteiger partial charge >= 0.3 is 0 Å². The summed E-state index contributed by atoms with van der Waals surface area (Å²) < 4.78 is 5.42. The fraction of sp³-hybridized carbons (Fsp3) is 0.400. The van der Waals surface area contributed by atoms with Crippen LogP contribution in [0.2, 0.25) is 0 Å². The molecule has 4 heteroatoms. The van der Waals surface area contributed by atoms with E-state index < -0.39 is 6.17 Å². The second-order valence-electron chi connectivity index (χ2n) is 3.39. The molecule has 78 valence electrons. The molecule has 0 bridgehead atoms. The Kier molecular flexibility index (Phi) is 3.88. The third kappa shape index (κ3) is 3.33. The zero-order valence-corrected chi connectivity index (χ0v) is 8.31. The van der Waals surface area contributed by atoms with Gasteiger partial charge in [-0.15, -0.1) is 0 Å². The van der Waals surface area contributed by atoms with E-state index in [0.717, 1.165) is 11.3 Å². The molecule has 0 saturated carbocycles. The van der Waals surface area contributed by atoms with E-state index in [-0.39, 0.29) is 6.04 Å². The van der Waals surface area contributed by atoms with Gasteiger partial charge in [-0.25, -0.2) is 0 Å². The molecule has 0 aromatic heterocycles. The van der Waals surface area contributed by atoms with Gasteiger partial charge in [-0.2, -0.15) is 0 Å². The Balaban J connectivity index is 2.64. The van der Waals surface area contributed by atoms with Crippen LogP contribution in [-0.4, -0.2) is 12.6 Å². The van der Waals surface area contributed by atoms with Crippen LogP contribution in [0.25, 0.3) is 0 Å². The van der Waals surface area contributed by atoms with Gasteiger partial charge in [0.25, 0.3) is 0 Å². The van der Waals surface area contributed by atoms with E-state index in [1.54, 1.807) is 0 Å². The van der Waals surface area contributed by atoms with Gasteiger partial charge in [-0.05, 0) is 24.6 Å². The van der Waals surface area contributed by atoms with Crippen LogP contribution in [-0.2, 0) is 0 Å². The van der Waals surface area contributed by atoms with Crippen molar-refractivity contribution in [2.45, 2.75) is 19.1 Å². The molecule has 1 aromatic carbocycles. The van der Waals surface area contributed by atoms with Crippen molar-refractivity contribution in [3.63, 3.8) is 0 Å². The molecule has 1 aromatic rings. The van der Waals surface area contributed by atoms with E-state index in [1.165, 1.54) is 0 Å². The van der Waals surface area contributed by atoms with Crippen molar-refractivity contribution >= 4 is 0 Å². The van der Waals surface area contributed by atoms with Gasteiger partial charge in [0.1, 0.15) is 12.4 Å². The molecule has 0 radical (unpaired) electrons. The number of ether oxygens (including phenoxy) is 1. The number of rotatable bonds is 4. The van der Waals surface area contributed by atoms with E-state index in [9.17, 15) is 0 Å². The molecule has 1 rings (SSSR count). The Hall–Kier alpha value is -1.10. The Morgan fingerprint density at radius 2 is 2.00 bits per heavy atom. The molecule has 0 amide bonds. The summed E-state index contributed by atoms with van der Waals surface area (Å²) in [6, 6.07) is 7.42. The van der Waals surface area contributed by atoms with Gasteiger partial charge in [0.15, 0.2) is 0 Å². The lowest BCUT2D eigenvalue weighted by atomic mass is 10.2. The molecule has 1 atom stereocenters. The first-order chi connectivity index (χ1) is 6.59. The summed E-state index contributed by atoms with van der Waals surface area (Å²) in [6.45, 7) is 2.38. The molecule has 0 aliphatic carbocycles. The molecular formula is C10H17N3O. The second kappa shape index (κ2) is 4.95. The number of hydrogen-bond acceptors (Lipinski definition) is 4. The molecule has 0 heterocycles. The summed E-state index contributed by atoms with van der Waals surface area (Å²) in [5.74, 6) is 0.751. The van der Waals surface area contributed by atoms with E-state index >= 15 is 0 Å². The second-order valence-corrected chi connectivity index (χ2v) is 3.39. The average molecular weight is 195 g/mol. The molecule has 6 N–H and O–H groups in total.